The van der Waals surface area contributed by atoms with Gasteiger partial charge in [0.2, 0.25) is 0 Å². The molecule has 0 unspecified atom stereocenters. The maximum Gasteiger partial charge on any atom is 0.308 e. The Bertz CT molecular complexity index is 602. The van der Waals surface area contributed by atoms with E-state index >= 15 is 0 Å². The van der Waals surface area contributed by atoms with E-state index in [1.807, 2.05) is 10.8 Å². The number of ether oxygens (including phenoxy) is 1. The van der Waals surface area contributed by atoms with Crippen LogP contribution in [0.4, 0.5) is 0 Å². The molecule has 0 radical (unpaired) electrons. The summed E-state index contributed by atoms with van der Waals surface area (Å²) in [5.74, 6) is 0.484. The Balaban J connectivity index is 1.42. The van der Waals surface area contributed by atoms with Crippen LogP contribution in [0.15, 0.2) is 12.5 Å². The molecule has 144 valence electrons. The average molecular weight is 362 g/mol. The largest absolute Gasteiger partial charge is 0.469 e. The number of carbonyl (C=O) groups is 2. The summed E-state index contributed by atoms with van der Waals surface area (Å²) in [7, 11) is 1.43. The Morgan fingerprint density at radius 2 is 1.96 bits per heavy atom. The van der Waals surface area contributed by atoms with Gasteiger partial charge in [0.05, 0.1) is 19.4 Å². The fraction of sp³-hybridized carbons (Fsp3) is 0.737. The fourth-order valence-electron chi connectivity index (χ4n) is 4.00. The molecule has 7 heteroatoms. The van der Waals surface area contributed by atoms with Crippen LogP contribution in [0.2, 0.25) is 0 Å². The van der Waals surface area contributed by atoms with E-state index in [4.69, 9.17) is 4.74 Å². The second-order valence-corrected chi connectivity index (χ2v) is 7.52. The normalized spacial score (nSPS) is 24.2. The van der Waals surface area contributed by atoms with E-state index in [-0.39, 0.29) is 23.8 Å². The lowest BCUT2D eigenvalue weighted by Crippen LogP contribution is -2.39. The van der Waals surface area contributed by atoms with Gasteiger partial charge in [0.25, 0.3) is 5.91 Å². The highest BCUT2D eigenvalue weighted by atomic mass is 16.5. The zero-order valence-corrected chi connectivity index (χ0v) is 15.6. The van der Waals surface area contributed by atoms with E-state index < -0.39 is 0 Å². The van der Waals surface area contributed by atoms with Gasteiger partial charge in [0.15, 0.2) is 0 Å². The number of piperidine rings is 1. The van der Waals surface area contributed by atoms with Crippen LogP contribution in [-0.2, 0) is 16.1 Å². The van der Waals surface area contributed by atoms with Gasteiger partial charge in [-0.3, -0.25) is 9.59 Å². The lowest BCUT2D eigenvalue weighted by atomic mass is 9.86. The van der Waals surface area contributed by atoms with Crippen molar-refractivity contribution in [3.05, 3.63) is 18.2 Å². The molecule has 26 heavy (non-hydrogen) atoms. The van der Waals surface area contributed by atoms with Crippen LogP contribution in [0, 0.1) is 11.8 Å². The van der Waals surface area contributed by atoms with Gasteiger partial charge in [-0.05, 0) is 64.0 Å². The third kappa shape index (κ3) is 5.06. The molecular weight excluding hydrogens is 332 g/mol. The minimum atomic E-state index is -0.137. The number of aromatic nitrogens is 2. The molecule has 2 heterocycles. The summed E-state index contributed by atoms with van der Waals surface area (Å²) in [6.07, 6.45) is 10.3. The van der Waals surface area contributed by atoms with E-state index in [9.17, 15) is 9.59 Å². The maximum absolute atomic E-state index is 12.4. The number of hydrogen-bond acceptors (Lipinski definition) is 5. The molecular formula is C19H30N4O3. The predicted molar refractivity (Wildman–Crippen MR) is 97.7 cm³/mol. The molecule has 1 saturated carbocycles. The summed E-state index contributed by atoms with van der Waals surface area (Å²) < 4.78 is 6.82. The molecule has 0 aromatic carbocycles. The highest BCUT2D eigenvalue weighted by molar-refractivity contribution is 5.92. The number of nitrogens with one attached hydrogen (secondary N) is 2. The van der Waals surface area contributed by atoms with Crippen LogP contribution < -0.4 is 10.6 Å². The minimum Gasteiger partial charge on any atom is -0.469 e. The number of rotatable bonds is 6. The van der Waals surface area contributed by atoms with Crippen LogP contribution >= 0.6 is 0 Å². The summed E-state index contributed by atoms with van der Waals surface area (Å²) in [4.78, 5) is 28.3. The Morgan fingerprint density at radius 3 is 2.65 bits per heavy atom. The van der Waals surface area contributed by atoms with Crippen LogP contribution in [0.5, 0.6) is 0 Å². The van der Waals surface area contributed by atoms with Gasteiger partial charge in [0, 0.05) is 18.8 Å². The zero-order chi connectivity index (χ0) is 18.4. The van der Waals surface area contributed by atoms with Crippen molar-refractivity contribution in [3.8, 4) is 0 Å². The van der Waals surface area contributed by atoms with Gasteiger partial charge < -0.3 is 19.9 Å². The van der Waals surface area contributed by atoms with Crippen molar-refractivity contribution < 1.29 is 14.3 Å². The second-order valence-electron chi connectivity index (χ2n) is 7.52. The van der Waals surface area contributed by atoms with Crippen LogP contribution in [0.3, 0.4) is 0 Å². The first-order valence-corrected chi connectivity index (χ1v) is 9.77. The van der Waals surface area contributed by atoms with Gasteiger partial charge in [-0.1, -0.05) is 0 Å². The predicted octanol–water partition coefficient (Wildman–Crippen LogP) is 1.73. The summed E-state index contributed by atoms with van der Waals surface area (Å²) in [6, 6.07) is 0.114. The van der Waals surface area contributed by atoms with E-state index in [0.29, 0.717) is 5.69 Å². The Morgan fingerprint density at radius 1 is 1.23 bits per heavy atom. The average Bonchev–Trinajstić information content (AvgIpc) is 3.16. The van der Waals surface area contributed by atoms with Gasteiger partial charge in [-0.2, -0.15) is 0 Å². The molecule has 3 rings (SSSR count). The Hall–Kier alpha value is -1.89. The molecule has 1 aromatic rings. The number of nitrogens with zero attached hydrogens (tertiary/aromatic N) is 2. The van der Waals surface area contributed by atoms with E-state index in [1.165, 1.54) is 20.0 Å². The first-order valence-electron chi connectivity index (χ1n) is 9.77. The number of amides is 1. The molecule has 1 aliphatic carbocycles. The van der Waals surface area contributed by atoms with Crippen LogP contribution in [-0.4, -0.2) is 47.7 Å². The van der Waals surface area contributed by atoms with Crippen molar-refractivity contribution >= 4 is 11.9 Å². The third-order valence-electron chi connectivity index (χ3n) is 5.72. The van der Waals surface area contributed by atoms with Gasteiger partial charge in [-0.25, -0.2) is 4.98 Å². The number of imidazole rings is 1. The Labute approximate surface area is 154 Å². The van der Waals surface area contributed by atoms with Crippen molar-refractivity contribution in [1.29, 1.82) is 0 Å². The monoisotopic (exact) mass is 362 g/mol. The minimum absolute atomic E-state index is 0.0256. The molecule has 2 fully saturated rings. The van der Waals surface area contributed by atoms with E-state index in [2.05, 4.69) is 15.6 Å². The molecule has 1 saturated heterocycles. The molecule has 0 bridgehead atoms. The van der Waals surface area contributed by atoms with E-state index in [0.717, 1.165) is 57.7 Å². The summed E-state index contributed by atoms with van der Waals surface area (Å²) in [5.41, 5.74) is 0.477. The smallest absolute Gasteiger partial charge is 0.308 e. The van der Waals surface area contributed by atoms with Crippen LogP contribution in [0.25, 0.3) is 0 Å². The van der Waals surface area contributed by atoms with Gasteiger partial charge >= 0.3 is 5.97 Å². The fourth-order valence-corrected chi connectivity index (χ4v) is 4.00. The number of hydrogen-bond donors (Lipinski definition) is 2. The lowest BCUT2D eigenvalue weighted by Gasteiger charge is -2.27. The first-order chi connectivity index (χ1) is 12.7. The summed E-state index contributed by atoms with van der Waals surface area (Å²) in [6.45, 7) is 3.14. The van der Waals surface area contributed by atoms with Crippen molar-refractivity contribution in [2.75, 3.05) is 20.2 Å². The number of carbonyl (C=O) groups excluding carboxylic acids is 2. The molecule has 1 aromatic heterocycles. The molecule has 7 nitrogen and oxygen atoms in total. The molecule has 1 amide bonds. The topological polar surface area (TPSA) is 85.2 Å². The highest BCUT2D eigenvalue weighted by Gasteiger charge is 2.28. The lowest BCUT2D eigenvalue weighted by molar-refractivity contribution is -0.146. The summed E-state index contributed by atoms with van der Waals surface area (Å²) in [5, 5.41) is 6.44. The number of methoxy groups -OCH3 is 1. The number of aryl methyl sites for hydroxylation is 1. The van der Waals surface area contributed by atoms with Crippen molar-refractivity contribution in [2.24, 2.45) is 11.8 Å². The van der Waals surface area contributed by atoms with Gasteiger partial charge in [-0.15, -0.1) is 0 Å². The quantitative estimate of drug-likeness (QED) is 0.753. The first kappa shape index (κ1) is 18.9. The zero-order valence-electron chi connectivity index (χ0n) is 15.6. The SMILES string of the molecule is COC(=O)C1CCC(NC(=O)c2cn(CCC3CCNCC3)cn2)CC1. The summed E-state index contributed by atoms with van der Waals surface area (Å²) >= 11 is 0. The van der Waals surface area contributed by atoms with Crippen molar-refractivity contribution in [3.63, 3.8) is 0 Å². The number of esters is 1. The molecule has 0 atom stereocenters. The van der Waals surface area contributed by atoms with Crippen molar-refractivity contribution in [2.45, 2.75) is 57.5 Å². The van der Waals surface area contributed by atoms with Crippen molar-refractivity contribution in [1.82, 2.24) is 20.2 Å². The molecule has 2 aliphatic rings. The molecule has 2 N–H and O–H groups in total. The molecule has 0 spiro atoms. The van der Waals surface area contributed by atoms with Gasteiger partial charge in [0.1, 0.15) is 5.69 Å². The molecule has 1 aliphatic heterocycles. The standard InChI is InChI=1S/C19H30N4O3/c1-26-19(25)15-2-4-16(5-3-15)22-18(24)17-12-23(13-21-17)11-8-14-6-9-20-10-7-14/h12-16,20H,2-11H2,1H3,(H,22,24). The maximum atomic E-state index is 12.4. The van der Waals surface area contributed by atoms with E-state index in [1.54, 1.807) is 6.33 Å². The third-order valence-corrected chi connectivity index (χ3v) is 5.72. The van der Waals surface area contributed by atoms with Crippen LogP contribution in [0.1, 0.15) is 55.4 Å². The highest BCUT2D eigenvalue weighted by Crippen LogP contribution is 2.25. The Kier molecular flexibility index (Phi) is 6.66. The second kappa shape index (κ2) is 9.16.